The summed E-state index contributed by atoms with van der Waals surface area (Å²) < 4.78 is 12.9. The second-order valence-electron chi connectivity index (χ2n) is 6.43. The van der Waals surface area contributed by atoms with Gasteiger partial charge in [-0.2, -0.15) is 0 Å². The highest BCUT2D eigenvalue weighted by molar-refractivity contribution is 5.74. The van der Waals surface area contributed by atoms with E-state index in [0.717, 1.165) is 12.0 Å². The van der Waals surface area contributed by atoms with Gasteiger partial charge in [-0.25, -0.2) is 4.39 Å². The Morgan fingerprint density at radius 1 is 0.955 bits per heavy atom. The molecule has 120 valence electrons. The molecule has 0 spiro atoms. The van der Waals surface area contributed by atoms with Crippen LogP contribution in [0.2, 0.25) is 0 Å². The molecule has 0 saturated heterocycles. The largest absolute Gasteiger partial charge is 0.207 e. The molecule has 2 rings (SSSR count). The van der Waals surface area contributed by atoms with Crippen LogP contribution in [0.3, 0.4) is 0 Å². The van der Waals surface area contributed by atoms with Crippen LogP contribution in [0.15, 0.2) is 42.5 Å². The first-order valence-corrected chi connectivity index (χ1v) is 8.94. The van der Waals surface area contributed by atoms with Gasteiger partial charge in [0.25, 0.3) is 0 Å². The Morgan fingerprint density at radius 3 is 2.27 bits per heavy atom. The third kappa shape index (κ3) is 5.79. The zero-order valence-electron chi connectivity index (χ0n) is 13.9. The van der Waals surface area contributed by atoms with Crippen LogP contribution < -0.4 is 0 Å². The summed E-state index contributed by atoms with van der Waals surface area (Å²) in [5.41, 5.74) is 2.35. The van der Waals surface area contributed by atoms with E-state index >= 15 is 0 Å². The normalized spacial score (nSPS) is 17.5. The van der Waals surface area contributed by atoms with Crippen molar-refractivity contribution < 1.29 is 4.39 Å². The lowest BCUT2D eigenvalue weighted by molar-refractivity contribution is 0.517. The third-order valence-electron chi connectivity index (χ3n) is 4.54. The molecule has 0 amide bonds. The fourth-order valence-electron chi connectivity index (χ4n) is 3.10. The maximum atomic E-state index is 12.9. The molecule has 1 atom stereocenters. The molecule has 0 fully saturated rings. The fraction of sp³-hybridized carbons (Fsp3) is 0.524. The monoisotopic (exact) mass is 300 g/mol. The maximum Gasteiger partial charge on any atom is 0.123 e. The average Bonchev–Trinajstić information content (AvgIpc) is 2.55. The third-order valence-corrected chi connectivity index (χ3v) is 4.54. The summed E-state index contributed by atoms with van der Waals surface area (Å²) in [7, 11) is 0. The molecular formula is C21H29F. The summed E-state index contributed by atoms with van der Waals surface area (Å²) in [4.78, 5) is 0. The Kier molecular flexibility index (Phi) is 7.42. The second kappa shape index (κ2) is 9.61. The average molecular weight is 300 g/mol. The molecule has 1 aromatic rings. The predicted octanol–water partition coefficient (Wildman–Crippen LogP) is 6.93. The molecule has 1 aliphatic rings. The van der Waals surface area contributed by atoms with Gasteiger partial charge < -0.3 is 0 Å². The van der Waals surface area contributed by atoms with Crippen molar-refractivity contribution in [2.24, 2.45) is 5.92 Å². The van der Waals surface area contributed by atoms with Gasteiger partial charge >= 0.3 is 0 Å². The van der Waals surface area contributed by atoms with Crippen LogP contribution in [0.1, 0.15) is 70.3 Å². The molecule has 1 aliphatic carbocycles. The topological polar surface area (TPSA) is 0 Å². The van der Waals surface area contributed by atoms with Crippen molar-refractivity contribution in [3.63, 3.8) is 0 Å². The lowest BCUT2D eigenvalue weighted by atomic mass is 9.89. The van der Waals surface area contributed by atoms with Crippen LogP contribution >= 0.6 is 0 Å². The van der Waals surface area contributed by atoms with Crippen LogP contribution in [0.25, 0.3) is 5.57 Å². The zero-order valence-corrected chi connectivity index (χ0v) is 13.9. The van der Waals surface area contributed by atoms with Gasteiger partial charge in [0.05, 0.1) is 0 Å². The number of hydrogen-bond acceptors (Lipinski definition) is 0. The molecule has 1 heteroatoms. The van der Waals surface area contributed by atoms with Crippen molar-refractivity contribution in [2.75, 3.05) is 0 Å². The first kappa shape index (κ1) is 17.0. The van der Waals surface area contributed by atoms with Crippen molar-refractivity contribution in [3.8, 4) is 0 Å². The van der Waals surface area contributed by atoms with E-state index in [1.165, 1.54) is 69.1 Å². The summed E-state index contributed by atoms with van der Waals surface area (Å²) >= 11 is 0. The summed E-state index contributed by atoms with van der Waals surface area (Å²) in [5, 5.41) is 0. The molecule has 22 heavy (non-hydrogen) atoms. The van der Waals surface area contributed by atoms with Gasteiger partial charge in [-0.1, -0.05) is 82.2 Å². The quantitative estimate of drug-likeness (QED) is 0.434. The van der Waals surface area contributed by atoms with Crippen LogP contribution in [0.5, 0.6) is 0 Å². The number of hydrogen-bond donors (Lipinski definition) is 0. The van der Waals surface area contributed by atoms with E-state index in [0.29, 0.717) is 5.92 Å². The van der Waals surface area contributed by atoms with Crippen molar-refractivity contribution in [1.29, 1.82) is 0 Å². The van der Waals surface area contributed by atoms with E-state index < -0.39 is 0 Å². The SMILES string of the molecule is CCCCCCCCCC1C=CC(c2ccc(F)cc2)=CC1. The molecular weight excluding hydrogens is 271 g/mol. The molecule has 0 nitrogen and oxygen atoms in total. The molecule has 0 radical (unpaired) electrons. The van der Waals surface area contributed by atoms with E-state index in [1.807, 2.05) is 12.1 Å². The van der Waals surface area contributed by atoms with Gasteiger partial charge in [0, 0.05) is 0 Å². The van der Waals surface area contributed by atoms with Crippen molar-refractivity contribution >= 4 is 5.57 Å². The van der Waals surface area contributed by atoms with Crippen LogP contribution in [-0.2, 0) is 0 Å². The number of rotatable bonds is 9. The maximum absolute atomic E-state index is 12.9. The molecule has 0 N–H and O–H groups in total. The van der Waals surface area contributed by atoms with Gasteiger partial charge in [-0.3, -0.25) is 0 Å². The van der Waals surface area contributed by atoms with E-state index in [-0.39, 0.29) is 5.82 Å². The van der Waals surface area contributed by atoms with E-state index in [2.05, 4.69) is 25.2 Å². The van der Waals surface area contributed by atoms with Crippen LogP contribution in [0.4, 0.5) is 4.39 Å². The minimum absolute atomic E-state index is 0.166. The van der Waals surface area contributed by atoms with Crippen LogP contribution in [0, 0.1) is 11.7 Å². The zero-order chi connectivity index (χ0) is 15.6. The molecule has 0 bridgehead atoms. The molecule has 1 unspecified atom stereocenters. The van der Waals surface area contributed by atoms with E-state index in [9.17, 15) is 4.39 Å². The first-order chi connectivity index (χ1) is 10.8. The van der Waals surface area contributed by atoms with Gasteiger partial charge in [-0.15, -0.1) is 0 Å². The minimum Gasteiger partial charge on any atom is -0.207 e. The highest BCUT2D eigenvalue weighted by atomic mass is 19.1. The second-order valence-corrected chi connectivity index (χ2v) is 6.43. The Morgan fingerprint density at radius 2 is 1.64 bits per heavy atom. The van der Waals surface area contributed by atoms with Gasteiger partial charge in [0.1, 0.15) is 5.82 Å². The Hall–Kier alpha value is -1.37. The lowest BCUT2D eigenvalue weighted by Crippen LogP contribution is -2.00. The summed E-state index contributed by atoms with van der Waals surface area (Å²) in [6, 6.07) is 6.80. The standard InChI is InChI=1S/C21H29F/c1-2-3-4-5-6-7-8-9-18-10-12-19(13-11-18)20-14-16-21(22)17-15-20/h10,12-18H,2-9,11H2,1H3. The highest BCUT2D eigenvalue weighted by Gasteiger charge is 2.09. The van der Waals surface area contributed by atoms with Gasteiger partial charge in [0.15, 0.2) is 0 Å². The Labute approximate surface area is 135 Å². The molecule has 0 saturated carbocycles. The molecule has 0 aromatic heterocycles. The summed E-state index contributed by atoms with van der Waals surface area (Å²) in [5.74, 6) is 0.529. The van der Waals surface area contributed by atoms with E-state index in [1.54, 1.807) is 0 Å². The number of halogens is 1. The molecule has 1 aromatic carbocycles. The number of allylic oxidation sites excluding steroid dienone is 4. The Balaban J connectivity index is 1.64. The van der Waals surface area contributed by atoms with Gasteiger partial charge in [-0.05, 0) is 42.0 Å². The number of unbranched alkanes of at least 4 members (excludes halogenated alkanes) is 6. The van der Waals surface area contributed by atoms with Crippen molar-refractivity contribution in [2.45, 2.75) is 64.7 Å². The molecule has 0 aliphatic heterocycles. The first-order valence-electron chi connectivity index (χ1n) is 8.94. The lowest BCUT2D eigenvalue weighted by Gasteiger charge is -2.16. The number of benzene rings is 1. The van der Waals surface area contributed by atoms with Crippen LogP contribution in [-0.4, -0.2) is 0 Å². The minimum atomic E-state index is -0.166. The molecule has 0 heterocycles. The summed E-state index contributed by atoms with van der Waals surface area (Å²) in [6.07, 6.45) is 18.9. The highest BCUT2D eigenvalue weighted by Crippen LogP contribution is 2.27. The fourth-order valence-corrected chi connectivity index (χ4v) is 3.10. The van der Waals surface area contributed by atoms with E-state index in [4.69, 9.17) is 0 Å². The van der Waals surface area contributed by atoms with Crippen molar-refractivity contribution in [1.82, 2.24) is 0 Å². The summed E-state index contributed by atoms with van der Waals surface area (Å²) in [6.45, 7) is 2.27. The Bertz CT molecular complexity index is 481. The smallest absolute Gasteiger partial charge is 0.123 e. The van der Waals surface area contributed by atoms with Gasteiger partial charge in [0.2, 0.25) is 0 Å². The predicted molar refractivity (Wildman–Crippen MR) is 94.2 cm³/mol. The van der Waals surface area contributed by atoms with Crippen molar-refractivity contribution in [3.05, 3.63) is 53.9 Å².